The summed E-state index contributed by atoms with van der Waals surface area (Å²) < 4.78 is 0. The van der Waals surface area contributed by atoms with Gasteiger partial charge in [0.25, 0.3) is 0 Å². The number of aliphatic hydroxyl groups is 1. The molecule has 0 aliphatic heterocycles. The predicted molar refractivity (Wildman–Crippen MR) is 31.8 cm³/mol. The van der Waals surface area contributed by atoms with Gasteiger partial charge >= 0.3 is 0 Å². The van der Waals surface area contributed by atoms with Crippen LogP contribution in [-0.4, -0.2) is 28.0 Å². The van der Waals surface area contributed by atoms with Gasteiger partial charge in [-0.15, -0.1) is 5.28 Å². The van der Waals surface area contributed by atoms with Crippen molar-refractivity contribution >= 4 is 16.3 Å². The van der Waals surface area contributed by atoms with Crippen LogP contribution in [0.1, 0.15) is 13.8 Å². The summed E-state index contributed by atoms with van der Waals surface area (Å²) in [5.41, 5.74) is 0. The molecular formula is C4H13AlO. The zero-order valence-corrected chi connectivity index (χ0v) is 6.86. The third-order valence-electron chi connectivity index (χ3n) is 0. The highest BCUT2D eigenvalue weighted by Crippen LogP contribution is 1.49. The average molecular weight is 104 g/mol. The van der Waals surface area contributed by atoms with E-state index in [1.54, 1.807) is 6.92 Å². The Bertz CT molecular complexity index is 9.51. The Labute approximate surface area is 47.8 Å². The van der Waals surface area contributed by atoms with Gasteiger partial charge < -0.3 is 5.11 Å². The normalized spacial score (nSPS) is 5.83. The van der Waals surface area contributed by atoms with Crippen LogP contribution in [0.4, 0.5) is 0 Å². The Hall–Kier alpha value is 0.492. The Kier molecular flexibility index (Phi) is 28.9. The molecule has 6 heavy (non-hydrogen) atoms. The second kappa shape index (κ2) is 17.8. The lowest BCUT2D eigenvalue weighted by atomic mass is 10.9. The molecule has 0 aliphatic carbocycles. The molecule has 0 radical (unpaired) electrons. The van der Waals surface area contributed by atoms with Crippen LogP contribution in [0.3, 0.4) is 0 Å². The summed E-state index contributed by atoms with van der Waals surface area (Å²) in [6, 6.07) is 0. The van der Waals surface area contributed by atoms with Crippen molar-refractivity contribution < 1.29 is 5.11 Å². The van der Waals surface area contributed by atoms with Crippen molar-refractivity contribution in [3.05, 3.63) is 0 Å². The monoisotopic (exact) mass is 104 g/mol. The van der Waals surface area contributed by atoms with Crippen molar-refractivity contribution in [3.8, 4) is 0 Å². The smallest absolute Gasteiger partial charge is 0.211 e. The third kappa shape index (κ3) is 226. The maximum Gasteiger partial charge on any atom is 0.211 e. The van der Waals surface area contributed by atoms with Gasteiger partial charge in [-0.25, -0.2) is 0 Å². The molecule has 0 aliphatic rings. The van der Waals surface area contributed by atoms with Gasteiger partial charge in [0, 0.05) is 6.61 Å². The van der Waals surface area contributed by atoms with Crippen LogP contribution in [0.5, 0.6) is 0 Å². The molecule has 0 aromatic heterocycles. The van der Waals surface area contributed by atoms with Crippen LogP contribution >= 0.6 is 0 Å². The van der Waals surface area contributed by atoms with Gasteiger partial charge in [-0.05, 0) is 6.92 Å². The molecule has 0 saturated carbocycles. The van der Waals surface area contributed by atoms with Crippen molar-refractivity contribution in [1.29, 1.82) is 0 Å². The van der Waals surface area contributed by atoms with E-state index in [0.29, 0.717) is 0 Å². The van der Waals surface area contributed by atoms with E-state index in [9.17, 15) is 0 Å². The van der Waals surface area contributed by atoms with E-state index < -0.39 is 0 Å². The Morgan fingerprint density at radius 1 is 1.50 bits per heavy atom. The molecule has 0 fully saturated rings. The van der Waals surface area contributed by atoms with Crippen molar-refractivity contribution in [2.75, 3.05) is 6.61 Å². The fourth-order valence-electron chi connectivity index (χ4n) is 0. The Balaban J connectivity index is 0. The van der Waals surface area contributed by atoms with Crippen molar-refractivity contribution in [3.63, 3.8) is 0 Å². The molecule has 0 unspecified atom stereocenters. The summed E-state index contributed by atoms with van der Waals surface area (Å²) in [4.78, 5) is 0. The molecule has 1 N–H and O–H groups in total. The largest absolute Gasteiger partial charge is 0.397 e. The van der Waals surface area contributed by atoms with Crippen LogP contribution in [0.25, 0.3) is 0 Å². The molecule has 38 valence electrons. The topological polar surface area (TPSA) is 20.2 Å². The van der Waals surface area contributed by atoms with Crippen LogP contribution in [-0.2, 0) is 0 Å². The van der Waals surface area contributed by atoms with E-state index in [4.69, 9.17) is 5.11 Å². The second-order valence-electron chi connectivity index (χ2n) is 1.02. The number of rotatable bonds is 0. The van der Waals surface area contributed by atoms with E-state index >= 15 is 0 Å². The van der Waals surface area contributed by atoms with Gasteiger partial charge in [-0.2, -0.15) is 0 Å². The zero-order valence-electron chi connectivity index (χ0n) is 4.86. The molecule has 0 aromatic rings. The van der Waals surface area contributed by atoms with E-state index in [1.807, 2.05) is 0 Å². The molecule has 0 amide bonds. The molecule has 2 heteroatoms. The van der Waals surface area contributed by atoms with Crippen LogP contribution in [0, 0.1) is 0 Å². The van der Waals surface area contributed by atoms with Crippen LogP contribution in [0.2, 0.25) is 5.28 Å². The lowest BCUT2D eigenvalue weighted by Crippen LogP contribution is -1.57. The van der Waals surface area contributed by atoms with Crippen molar-refractivity contribution in [2.45, 2.75) is 19.1 Å². The Morgan fingerprint density at radius 2 is 1.50 bits per heavy atom. The van der Waals surface area contributed by atoms with E-state index in [1.165, 1.54) is 21.6 Å². The minimum atomic E-state index is 0.250. The fraction of sp³-hybridized carbons (Fsp3) is 1.00. The zero-order chi connectivity index (χ0) is 5.41. The number of hydrogen-bond donors (Lipinski definition) is 1. The van der Waals surface area contributed by atoms with Crippen molar-refractivity contribution in [2.24, 2.45) is 0 Å². The minimum absolute atomic E-state index is 0.250. The molecule has 1 nitrogen and oxygen atoms in total. The first kappa shape index (κ1) is 9.70. The first-order valence-corrected chi connectivity index (χ1v) is 3.85. The van der Waals surface area contributed by atoms with Gasteiger partial charge in [0.15, 0.2) is 0 Å². The molecular weight excluding hydrogens is 91.0 g/mol. The second-order valence-corrected chi connectivity index (χ2v) is 2.44. The van der Waals surface area contributed by atoms with Gasteiger partial charge in [0.1, 0.15) is 0 Å². The molecule has 0 atom stereocenters. The summed E-state index contributed by atoms with van der Waals surface area (Å²) in [6.07, 6.45) is 0. The standard InChI is InChI=1S/C2H6O.C2H5.Al.2H/c1-2-3;1-2;;;/h3H,2H2,1H3;1H2,2H3;;;. The van der Waals surface area contributed by atoms with E-state index in [2.05, 4.69) is 6.92 Å². The minimum Gasteiger partial charge on any atom is -0.397 e. The lowest BCUT2D eigenvalue weighted by molar-refractivity contribution is 0.318. The summed E-state index contributed by atoms with van der Waals surface area (Å²) in [5, 5.41) is 8.96. The van der Waals surface area contributed by atoms with E-state index in [0.717, 1.165) is 0 Å². The quantitative estimate of drug-likeness (QED) is 0.431. The van der Waals surface area contributed by atoms with Crippen LogP contribution < -0.4 is 0 Å². The average Bonchev–Trinajstić information content (AvgIpc) is 1.39. The van der Waals surface area contributed by atoms with Gasteiger partial charge in [-0.3, -0.25) is 0 Å². The lowest BCUT2D eigenvalue weighted by Gasteiger charge is -1.52. The maximum absolute atomic E-state index is 7.57. The first-order chi connectivity index (χ1) is 2.83. The highest BCUT2D eigenvalue weighted by Gasteiger charge is 1.41. The fourth-order valence-corrected chi connectivity index (χ4v) is 0. The summed E-state index contributed by atoms with van der Waals surface area (Å²) >= 11 is 1.37. The summed E-state index contributed by atoms with van der Waals surface area (Å²) in [6.45, 7) is 4.12. The number of hydrogen-bond acceptors (Lipinski definition) is 1. The summed E-state index contributed by atoms with van der Waals surface area (Å²) in [7, 11) is 0. The molecule has 0 saturated heterocycles. The summed E-state index contributed by atoms with van der Waals surface area (Å²) in [5.74, 6) is 0. The molecule has 0 heterocycles. The third-order valence-corrected chi connectivity index (χ3v) is 0. The highest BCUT2D eigenvalue weighted by molar-refractivity contribution is 6.08. The first-order valence-electron chi connectivity index (χ1n) is 2.44. The van der Waals surface area contributed by atoms with Gasteiger partial charge in [-0.1, -0.05) is 6.92 Å². The van der Waals surface area contributed by atoms with Gasteiger partial charge in [0.05, 0.1) is 0 Å². The number of aliphatic hydroxyl groups excluding tert-OH is 1. The highest BCUT2D eigenvalue weighted by atomic mass is 27.0. The predicted octanol–water partition coefficient (Wildman–Crippen LogP) is 0.0563. The van der Waals surface area contributed by atoms with Crippen molar-refractivity contribution in [1.82, 2.24) is 0 Å². The Morgan fingerprint density at radius 3 is 1.50 bits per heavy atom. The molecule has 0 aromatic carbocycles. The molecule has 0 rings (SSSR count). The van der Waals surface area contributed by atoms with Crippen LogP contribution in [0.15, 0.2) is 0 Å². The SMILES string of the molecule is CCO.C[CH2][AlH2]. The molecule has 0 spiro atoms. The maximum atomic E-state index is 7.57. The molecule has 0 bridgehead atoms. The van der Waals surface area contributed by atoms with Gasteiger partial charge in [0.2, 0.25) is 16.3 Å². The van der Waals surface area contributed by atoms with E-state index in [-0.39, 0.29) is 6.61 Å².